The molecule has 3 heterocycles. The van der Waals surface area contributed by atoms with Gasteiger partial charge in [-0.25, -0.2) is 14.4 Å². The maximum Gasteiger partial charge on any atom is 0.255 e. The first-order valence-electron chi connectivity index (χ1n) is 12.9. The summed E-state index contributed by atoms with van der Waals surface area (Å²) in [5.41, 5.74) is 2.71. The first kappa shape index (κ1) is 28.2. The van der Waals surface area contributed by atoms with E-state index in [4.69, 9.17) is 27.9 Å². The van der Waals surface area contributed by atoms with Crippen LogP contribution in [0.3, 0.4) is 0 Å². The third-order valence-electron chi connectivity index (χ3n) is 7.21. The molecule has 2 aliphatic heterocycles. The molecule has 0 spiro atoms. The summed E-state index contributed by atoms with van der Waals surface area (Å²) in [5, 5.41) is 16.1. The SMILES string of the molecule is C[C@H](C(=O)N[C@H](CO)c1ccc(Cl)c(F)c1)N1Cc2ccc(-c3nc(NC4CCOCC4)ncc3Cl)cc2C1=O. The molecule has 0 radical (unpaired) electrons. The topological polar surface area (TPSA) is 117 Å². The highest BCUT2D eigenvalue weighted by molar-refractivity contribution is 6.33. The number of fused-ring (bicyclic) bond motifs is 1. The zero-order valence-electron chi connectivity index (χ0n) is 21.7. The molecule has 3 N–H and O–H groups in total. The number of ether oxygens (including phenoxy) is 1. The van der Waals surface area contributed by atoms with Gasteiger partial charge in [0.05, 0.1) is 34.6 Å². The number of benzene rings is 2. The van der Waals surface area contributed by atoms with Gasteiger partial charge in [-0.3, -0.25) is 9.59 Å². The molecule has 3 aromatic rings. The molecular formula is C28H28Cl2FN5O4. The number of hydrogen-bond donors (Lipinski definition) is 3. The zero-order chi connectivity index (χ0) is 28.4. The van der Waals surface area contributed by atoms with Crippen LogP contribution in [0, 0.1) is 5.82 Å². The van der Waals surface area contributed by atoms with Crippen LogP contribution in [-0.2, 0) is 16.1 Å². The van der Waals surface area contributed by atoms with Crippen molar-refractivity contribution in [3.05, 3.63) is 75.1 Å². The van der Waals surface area contributed by atoms with E-state index in [1.54, 1.807) is 13.0 Å². The minimum atomic E-state index is -0.864. The minimum Gasteiger partial charge on any atom is -0.394 e. The fraction of sp³-hybridized carbons (Fsp3) is 0.357. The lowest BCUT2D eigenvalue weighted by atomic mass is 10.0. The van der Waals surface area contributed by atoms with E-state index < -0.39 is 30.4 Å². The van der Waals surface area contributed by atoms with Gasteiger partial charge in [0.25, 0.3) is 5.91 Å². The lowest BCUT2D eigenvalue weighted by Gasteiger charge is -2.26. The number of carbonyl (C=O) groups excluding carboxylic acids is 2. The number of amides is 2. The van der Waals surface area contributed by atoms with E-state index in [9.17, 15) is 19.1 Å². The van der Waals surface area contributed by atoms with Gasteiger partial charge >= 0.3 is 0 Å². The Morgan fingerprint density at radius 2 is 1.98 bits per heavy atom. The molecule has 1 fully saturated rings. The van der Waals surface area contributed by atoms with Gasteiger partial charge in [0.2, 0.25) is 11.9 Å². The largest absolute Gasteiger partial charge is 0.394 e. The Morgan fingerprint density at radius 3 is 2.70 bits per heavy atom. The van der Waals surface area contributed by atoms with Crippen molar-refractivity contribution in [3.63, 3.8) is 0 Å². The Morgan fingerprint density at radius 1 is 1.20 bits per heavy atom. The summed E-state index contributed by atoms with van der Waals surface area (Å²) in [6.07, 6.45) is 3.24. The van der Waals surface area contributed by atoms with Crippen LogP contribution >= 0.6 is 23.2 Å². The summed E-state index contributed by atoms with van der Waals surface area (Å²) >= 11 is 12.2. The lowest BCUT2D eigenvalue weighted by Crippen LogP contribution is -2.46. The monoisotopic (exact) mass is 587 g/mol. The third kappa shape index (κ3) is 5.90. The van der Waals surface area contributed by atoms with Crippen LogP contribution in [0.25, 0.3) is 11.3 Å². The molecule has 9 nitrogen and oxygen atoms in total. The van der Waals surface area contributed by atoms with Crippen LogP contribution in [0.4, 0.5) is 10.3 Å². The highest BCUT2D eigenvalue weighted by Gasteiger charge is 2.35. The minimum absolute atomic E-state index is 0.0602. The van der Waals surface area contributed by atoms with Crippen molar-refractivity contribution in [1.82, 2.24) is 20.2 Å². The van der Waals surface area contributed by atoms with Crippen LogP contribution in [0.15, 0.2) is 42.6 Å². The summed E-state index contributed by atoms with van der Waals surface area (Å²) in [5.74, 6) is -1.01. The van der Waals surface area contributed by atoms with E-state index in [0.29, 0.717) is 46.6 Å². The molecular weight excluding hydrogens is 560 g/mol. The zero-order valence-corrected chi connectivity index (χ0v) is 23.2. The standard InChI is InChI=1S/C28H28Cl2FN5O4/c1-15(26(38)34-24(14-37)16-4-5-21(29)23(31)11-16)36-13-18-3-2-17(10-20(18)27(36)39)25-22(30)12-32-28(35-25)33-19-6-8-40-9-7-19/h2-5,10-12,15,19,24,37H,6-9,13-14H2,1H3,(H,34,38)(H,32,33,35)/t15-,24-/m1/s1. The first-order valence-corrected chi connectivity index (χ1v) is 13.7. The van der Waals surface area contributed by atoms with Crippen molar-refractivity contribution in [2.45, 2.75) is 44.4 Å². The van der Waals surface area contributed by atoms with Gasteiger partial charge in [-0.1, -0.05) is 41.4 Å². The summed E-state index contributed by atoms with van der Waals surface area (Å²) in [6.45, 7) is 2.74. The molecule has 12 heteroatoms. The fourth-order valence-electron chi connectivity index (χ4n) is 4.84. The van der Waals surface area contributed by atoms with E-state index in [-0.39, 0.29) is 23.5 Å². The second kappa shape index (κ2) is 12.1. The van der Waals surface area contributed by atoms with Crippen molar-refractivity contribution in [3.8, 4) is 11.3 Å². The van der Waals surface area contributed by atoms with Gasteiger partial charge in [0.15, 0.2) is 0 Å². The second-order valence-electron chi connectivity index (χ2n) is 9.82. The smallest absolute Gasteiger partial charge is 0.255 e. The molecule has 0 bridgehead atoms. The number of aliphatic hydroxyl groups is 1. The molecule has 0 aliphatic carbocycles. The van der Waals surface area contributed by atoms with Crippen LogP contribution < -0.4 is 10.6 Å². The molecule has 2 atom stereocenters. The maximum absolute atomic E-state index is 13.9. The van der Waals surface area contributed by atoms with Gasteiger partial charge in [-0.15, -0.1) is 0 Å². The second-order valence-corrected chi connectivity index (χ2v) is 10.6. The molecule has 0 saturated carbocycles. The number of rotatable bonds is 8. The molecule has 2 aliphatic rings. The van der Waals surface area contributed by atoms with Crippen molar-refractivity contribution in [1.29, 1.82) is 0 Å². The Labute approximate surface area is 240 Å². The van der Waals surface area contributed by atoms with Crippen LogP contribution in [-0.4, -0.2) is 63.7 Å². The van der Waals surface area contributed by atoms with E-state index in [0.717, 1.165) is 24.5 Å². The average molecular weight is 588 g/mol. The van der Waals surface area contributed by atoms with E-state index >= 15 is 0 Å². The van der Waals surface area contributed by atoms with Crippen LogP contribution in [0.5, 0.6) is 0 Å². The molecule has 1 aromatic heterocycles. The van der Waals surface area contributed by atoms with Gasteiger partial charge in [0, 0.05) is 36.9 Å². The Bertz CT molecular complexity index is 1440. The van der Waals surface area contributed by atoms with E-state index in [2.05, 4.69) is 20.6 Å². The summed E-state index contributed by atoms with van der Waals surface area (Å²) in [7, 11) is 0. The van der Waals surface area contributed by atoms with Crippen LogP contribution in [0.2, 0.25) is 10.0 Å². The Kier molecular flexibility index (Phi) is 8.51. The van der Waals surface area contributed by atoms with Crippen LogP contribution in [0.1, 0.15) is 47.3 Å². The predicted octanol–water partition coefficient (Wildman–Crippen LogP) is 4.37. The molecule has 2 aromatic carbocycles. The lowest BCUT2D eigenvalue weighted by molar-refractivity contribution is -0.126. The average Bonchev–Trinajstić information content (AvgIpc) is 3.29. The van der Waals surface area contributed by atoms with E-state index in [1.165, 1.54) is 23.2 Å². The van der Waals surface area contributed by atoms with Crippen molar-refractivity contribution >= 4 is 41.0 Å². The maximum atomic E-state index is 13.9. The summed E-state index contributed by atoms with van der Waals surface area (Å²) < 4.78 is 19.3. The molecule has 0 unspecified atom stereocenters. The molecule has 40 heavy (non-hydrogen) atoms. The normalized spacial score (nSPS) is 16.9. The molecule has 5 rings (SSSR count). The molecule has 1 saturated heterocycles. The summed E-state index contributed by atoms with van der Waals surface area (Å²) in [6, 6.07) is 7.92. The molecule has 2 amide bonds. The van der Waals surface area contributed by atoms with Gasteiger partial charge < -0.3 is 25.4 Å². The number of hydrogen-bond acceptors (Lipinski definition) is 7. The van der Waals surface area contributed by atoms with Crippen molar-refractivity contribution in [2.75, 3.05) is 25.1 Å². The number of nitrogens with zero attached hydrogens (tertiary/aromatic N) is 3. The number of carbonyl (C=O) groups is 2. The number of aliphatic hydroxyl groups excluding tert-OH is 1. The van der Waals surface area contributed by atoms with Crippen molar-refractivity contribution < 1.29 is 23.8 Å². The number of aromatic nitrogens is 2. The third-order valence-corrected chi connectivity index (χ3v) is 7.79. The number of halogens is 3. The Hall–Kier alpha value is -3.31. The predicted molar refractivity (Wildman–Crippen MR) is 149 cm³/mol. The Balaban J connectivity index is 1.31. The number of nitrogens with one attached hydrogen (secondary N) is 2. The van der Waals surface area contributed by atoms with E-state index in [1.807, 2.05) is 12.1 Å². The van der Waals surface area contributed by atoms with Crippen molar-refractivity contribution in [2.24, 2.45) is 0 Å². The molecule has 210 valence electrons. The number of anilines is 1. The highest BCUT2D eigenvalue weighted by Crippen LogP contribution is 2.32. The summed E-state index contributed by atoms with van der Waals surface area (Å²) in [4.78, 5) is 36.8. The fourth-order valence-corrected chi connectivity index (χ4v) is 5.16. The quantitative estimate of drug-likeness (QED) is 0.358. The van der Waals surface area contributed by atoms with Gasteiger partial charge in [-0.2, -0.15) is 0 Å². The highest BCUT2D eigenvalue weighted by atomic mass is 35.5. The van der Waals surface area contributed by atoms with Gasteiger partial charge in [-0.05, 0) is 49.1 Å². The first-order chi connectivity index (χ1) is 19.2. The van der Waals surface area contributed by atoms with Gasteiger partial charge in [0.1, 0.15) is 11.9 Å².